The van der Waals surface area contributed by atoms with Gasteiger partial charge in [0.15, 0.2) is 0 Å². The summed E-state index contributed by atoms with van der Waals surface area (Å²) in [4.78, 5) is 37.9. The Hall–Kier alpha value is -1.34. The molecule has 0 aromatic heterocycles. The van der Waals surface area contributed by atoms with E-state index in [4.69, 9.17) is 0 Å². The van der Waals surface area contributed by atoms with E-state index in [1.807, 2.05) is 0 Å². The number of carbonyl (C=O) groups is 3. The second-order valence-corrected chi connectivity index (χ2v) is 6.36. The third kappa shape index (κ3) is 2.60. The van der Waals surface area contributed by atoms with Crippen LogP contribution in [0.5, 0.6) is 0 Å². The first-order chi connectivity index (χ1) is 9.23. The van der Waals surface area contributed by atoms with Crippen LogP contribution in [0, 0.1) is 0 Å². The number of hydrogen-bond acceptors (Lipinski definition) is 4. The van der Waals surface area contributed by atoms with Crippen LogP contribution in [-0.4, -0.2) is 34.7 Å². The molecule has 1 aliphatic heterocycles. The molecule has 0 spiro atoms. The lowest BCUT2D eigenvalue weighted by molar-refractivity contribution is -0.143. The molecule has 2 rings (SSSR count). The normalized spacial score (nSPS) is 17.9. The number of carbonyl (C=O) groups excluding carboxylic acids is 3. The number of thiol groups is 1. The molecule has 7 heteroatoms. The van der Waals surface area contributed by atoms with E-state index in [0.29, 0.717) is 14.9 Å². The van der Waals surface area contributed by atoms with Crippen molar-refractivity contribution in [3.63, 3.8) is 0 Å². The molecule has 1 aromatic carbocycles. The highest BCUT2D eigenvalue weighted by molar-refractivity contribution is 9.10. The second-order valence-electron chi connectivity index (χ2n) is 4.99. The summed E-state index contributed by atoms with van der Waals surface area (Å²) in [6.07, 6.45) is 0. The van der Waals surface area contributed by atoms with Crippen LogP contribution in [0.3, 0.4) is 0 Å². The van der Waals surface area contributed by atoms with Gasteiger partial charge in [0.1, 0.15) is 12.1 Å². The first-order valence-electron chi connectivity index (χ1n) is 5.88. The third-order valence-corrected chi connectivity index (χ3v) is 4.18. The first kappa shape index (κ1) is 15.1. The lowest BCUT2D eigenvalue weighted by Crippen LogP contribution is -2.65. The van der Waals surface area contributed by atoms with Crippen molar-refractivity contribution in [2.24, 2.45) is 0 Å². The minimum Gasteiger partial charge on any atom is -0.315 e. The number of benzene rings is 1. The number of hydrogen-bond donors (Lipinski definition) is 2. The standard InChI is InChI=1S/C13H13BrN2O3S/c1-13(2)12(19)15-10(17)6-16(13)11(18)8-5-7(20)3-4-9(8)14/h3-5,20H,6H2,1-2H3,(H,15,17,19). The number of rotatable bonds is 1. The Labute approximate surface area is 130 Å². The maximum atomic E-state index is 12.6. The molecular weight excluding hydrogens is 344 g/mol. The van der Waals surface area contributed by atoms with Crippen molar-refractivity contribution in [1.82, 2.24) is 10.2 Å². The molecule has 5 nitrogen and oxygen atoms in total. The fourth-order valence-electron chi connectivity index (χ4n) is 1.93. The average molecular weight is 357 g/mol. The Morgan fingerprint density at radius 3 is 2.70 bits per heavy atom. The SMILES string of the molecule is CC1(C)C(=O)NC(=O)CN1C(=O)c1cc(S)ccc1Br. The largest absolute Gasteiger partial charge is 0.315 e. The number of nitrogens with zero attached hydrogens (tertiary/aromatic N) is 1. The van der Waals surface area contributed by atoms with E-state index >= 15 is 0 Å². The summed E-state index contributed by atoms with van der Waals surface area (Å²) in [5.41, 5.74) is -0.718. The van der Waals surface area contributed by atoms with Crippen molar-refractivity contribution in [3.05, 3.63) is 28.2 Å². The van der Waals surface area contributed by atoms with E-state index in [2.05, 4.69) is 33.9 Å². The molecule has 0 atom stereocenters. The van der Waals surface area contributed by atoms with Crippen LogP contribution in [0.1, 0.15) is 24.2 Å². The minimum absolute atomic E-state index is 0.152. The van der Waals surface area contributed by atoms with Crippen LogP contribution >= 0.6 is 28.6 Å². The molecule has 1 fully saturated rings. The van der Waals surface area contributed by atoms with E-state index in [1.165, 1.54) is 4.90 Å². The van der Waals surface area contributed by atoms with Gasteiger partial charge in [-0.2, -0.15) is 0 Å². The van der Waals surface area contributed by atoms with Crippen molar-refractivity contribution < 1.29 is 14.4 Å². The molecule has 1 saturated heterocycles. The summed E-state index contributed by atoms with van der Waals surface area (Å²) >= 11 is 7.50. The number of nitrogens with one attached hydrogen (secondary N) is 1. The van der Waals surface area contributed by atoms with E-state index in [9.17, 15) is 14.4 Å². The monoisotopic (exact) mass is 356 g/mol. The van der Waals surface area contributed by atoms with Crippen LogP contribution in [0.15, 0.2) is 27.6 Å². The highest BCUT2D eigenvalue weighted by Gasteiger charge is 2.44. The summed E-state index contributed by atoms with van der Waals surface area (Å²) < 4.78 is 0.592. The topological polar surface area (TPSA) is 66.5 Å². The highest BCUT2D eigenvalue weighted by atomic mass is 79.9. The highest BCUT2D eigenvalue weighted by Crippen LogP contribution is 2.26. The predicted molar refractivity (Wildman–Crippen MR) is 79.7 cm³/mol. The third-order valence-electron chi connectivity index (χ3n) is 3.21. The van der Waals surface area contributed by atoms with Gasteiger partial charge in [0, 0.05) is 9.37 Å². The summed E-state index contributed by atoms with van der Waals surface area (Å²) in [7, 11) is 0. The van der Waals surface area contributed by atoms with Gasteiger partial charge in [0.2, 0.25) is 5.91 Å². The molecule has 1 aliphatic rings. The summed E-state index contributed by atoms with van der Waals surface area (Å²) in [6.45, 7) is 3.05. The van der Waals surface area contributed by atoms with Crippen LogP contribution in [0.4, 0.5) is 0 Å². The minimum atomic E-state index is -1.09. The van der Waals surface area contributed by atoms with Gasteiger partial charge in [-0.05, 0) is 48.0 Å². The number of halogens is 1. The second kappa shape index (κ2) is 5.21. The van der Waals surface area contributed by atoms with Crippen LogP contribution < -0.4 is 5.32 Å². The van der Waals surface area contributed by atoms with Crippen molar-refractivity contribution >= 4 is 46.3 Å². The zero-order valence-corrected chi connectivity index (χ0v) is 13.4. The summed E-state index contributed by atoms with van der Waals surface area (Å²) in [6, 6.07) is 5.04. The molecule has 1 heterocycles. The molecule has 0 aliphatic carbocycles. The van der Waals surface area contributed by atoms with Crippen molar-refractivity contribution in [2.45, 2.75) is 24.3 Å². The van der Waals surface area contributed by atoms with E-state index in [1.54, 1.807) is 32.0 Å². The van der Waals surface area contributed by atoms with Crippen molar-refractivity contribution in [3.8, 4) is 0 Å². The van der Waals surface area contributed by atoms with Gasteiger partial charge in [-0.3, -0.25) is 19.7 Å². The van der Waals surface area contributed by atoms with Gasteiger partial charge in [0.05, 0.1) is 5.56 Å². The van der Waals surface area contributed by atoms with Gasteiger partial charge in [-0.15, -0.1) is 12.6 Å². The number of imide groups is 1. The van der Waals surface area contributed by atoms with Crippen LogP contribution in [-0.2, 0) is 9.59 Å². The molecule has 20 heavy (non-hydrogen) atoms. The van der Waals surface area contributed by atoms with Gasteiger partial charge in [0.25, 0.3) is 11.8 Å². The summed E-state index contributed by atoms with van der Waals surface area (Å²) in [5.74, 6) is -1.36. The number of amides is 3. The molecule has 0 unspecified atom stereocenters. The van der Waals surface area contributed by atoms with Crippen LogP contribution in [0.2, 0.25) is 0 Å². The molecule has 0 saturated carbocycles. The Morgan fingerprint density at radius 1 is 1.40 bits per heavy atom. The number of piperazine rings is 1. The maximum absolute atomic E-state index is 12.6. The zero-order chi connectivity index (χ0) is 15.1. The molecule has 3 amide bonds. The van der Waals surface area contributed by atoms with E-state index in [0.717, 1.165) is 0 Å². The quantitative estimate of drug-likeness (QED) is 0.593. The van der Waals surface area contributed by atoms with Gasteiger partial charge in [-0.25, -0.2) is 0 Å². The Balaban J connectivity index is 2.43. The van der Waals surface area contributed by atoms with Crippen LogP contribution in [0.25, 0.3) is 0 Å². The predicted octanol–water partition coefficient (Wildman–Crippen LogP) is 1.61. The fraction of sp³-hybridized carbons (Fsp3) is 0.308. The zero-order valence-electron chi connectivity index (χ0n) is 10.9. The van der Waals surface area contributed by atoms with Gasteiger partial charge >= 0.3 is 0 Å². The first-order valence-corrected chi connectivity index (χ1v) is 7.12. The van der Waals surface area contributed by atoms with E-state index < -0.39 is 17.4 Å². The lowest BCUT2D eigenvalue weighted by atomic mass is 9.97. The molecule has 0 radical (unpaired) electrons. The molecule has 106 valence electrons. The smallest absolute Gasteiger partial charge is 0.256 e. The Kier molecular flexibility index (Phi) is 3.93. The molecular formula is C13H13BrN2O3S. The maximum Gasteiger partial charge on any atom is 0.256 e. The Morgan fingerprint density at radius 2 is 2.05 bits per heavy atom. The molecule has 1 N–H and O–H groups in total. The fourth-order valence-corrected chi connectivity index (χ4v) is 2.55. The van der Waals surface area contributed by atoms with Crippen molar-refractivity contribution in [1.29, 1.82) is 0 Å². The molecule has 1 aromatic rings. The average Bonchev–Trinajstić information content (AvgIpc) is 2.36. The Bertz CT molecular complexity index is 616. The van der Waals surface area contributed by atoms with Gasteiger partial charge < -0.3 is 4.90 Å². The lowest BCUT2D eigenvalue weighted by Gasteiger charge is -2.40. The van der Waals surface area contributed by atoms with Gasteiger partial charge in [-0.1, -0.05) is 0 Å². The van der Waals surface area contributed by atoms with Crippen molar-refractivity contribution in [2.75, 3.05) is 6.54 Å². The summed E-state index contributed by atoms with van der Waals surface area (Å²) in [5, 5.41) is 2.23. The van der Waals surface area contributed by atoms with E-state index in [-0.39, 0.29) is 12.5 Å². The molecule has 0 bridgehead atoms.